The number of hydrogen-bond acceptors (Lipinski definition) is 1. The molecule has 0 spiro atoms. The summed E-state index contributed by atoms with van der Waals surface area (Å²) >= 11 is 0. The van der Waals surface area contributed by atoms with E-state index in [0.717, 1.165) is 0 Å². The molecular formula is C26H47N. The van der Waals surface area contributed by atoms with E-state index >= 15 is 0 Å². The standard InChI is InChI=1S/C18H15N.3C2H6.2CH4.3H2/c1-4-10-16(11-5-1)19(17-12-6-2-7-13-17)18-14-8-3-9-15-18;3*1-2;;;;;/h1-15H;3*1-2H3;2*1H4;3*1H/i;;;;;;3*1+2. The van der Waals surface area contributed by atoms with E-state index in [4.69, 9.17) is 0 Å². The normalized spacial score (nSPS) is 7.78. The van der Waals surface area contributed by atoms with E-state index in [1.165, 1.54) is 17.1 Å². The number of rotatable bonds is 3. The van der Waals surface area contributed by atoms with Gasteiger partial charge < -0.3 is 4.90 Å². The third-order valence-electron chi connectivity index (χ3n) is 3.04. The lowest BCUT2D eigenvalue weighted by atomic mass is 10.2. The van der Waals surface area contributed by atoms with Crippen LogP contribution in [0.1, 0.15) is 60.7 Å². The number of para-hydroxylation sites is 3. The molecule has 0 aliphatic rings. The summed E-state index contributed by atoms with van der Waals surface area (Å²) in [5, 5.41) is 0. The van der Waals surface area contributed by atoms with E-state index in [-0.39, 0.29) is 19.1 Å². The topological polar surface area (TPSA) is 3.24 Å². The second-order valence-electron chi connectivity index (χ2n) is 4.34. The fraction of sp³-hybridized carbons (Fsp3) is 0.308. The summed E-state index contributed by atoms with van der Waals surface area (Å²) in [6.07, 6.45) is 0. The van der Waals surface area contributed by atoms with Crippen LogP contribution in [-0.4, -0.2) is 0 Å². The maximum absolute atomic E-state index is 2.25. The Morgan fingerprint density at radius 2 is 0.593 bits per heavy atom. The van der Waals surface area contributed by atoms with Gasteiger partial charge in [-0.05, 0) is 36.4 Å². The van der Waals surface area contributed by atoms with Crippen molar-refractivity contribution in [1.82, 2.24) is 0 Å². The molecule has 0 amide bonds. The predicted molar refractivity (Wildman–Crippen MR) is 135 cm³/mol. The predicted octanol–water partition coefficient (Wildman–Crippen LogP) is 10.2. The summed E-state index contributed by atoms with van der Waals surface area (Å²) < 4.78 is 0. The Balaban J connectivity index is -0.000000121. The first kappa shape index (κ1) is 29.2. The van der Waals surface area contributed by atoms with Gasteiger partial charge in [-0.25, -0.2) is 0 Å². The third kappa shape index (κ3) is 9.65. The van der Waals surface area contributed by atoms with Crippen molar-refractivity contribution in [2.75, 3.05) is 4.90 Å². The third-order valence-corrected chi connectivity index (χ3v) is 3.04. The summed E-state index contributed by atoms with van der Waals surface area (Å²) in [7, 11) is 0. The molecule has 0 saturated heterocycles. The van der Waals surface area contributed by atoms with Crippen molar-refractivity contribution in [2.45, 2.75) is 56.4 Å². The minimum absolute atomic E-state index is 0. The number of benzene rings is 3. The van der Waals surface area contributed by atoms with Gasteiger partial charge in [-0.15, -0.1) is 0 Å². The first-order valence-electron chi connectivity index (χ1n) is 9.40. The molecule has 0 heterocycles. The monoisotopic (exact) mass is 379 g/mol. The summed E-state index contributed by atoms with van der Waals surface area (Å²) in [6, 6.07) is 31.3. The van der Waals surface area contributed by atoms with Gasteiger partial charge in [-0.2, -0.15) is 0 Å². The molecule has 0 saturated carbocycles. The molecule has 1 nitrogen and oxygen atoms in total. The van der Waals surface area contributed by atoms with Crippen molar-refractivity contribution in [3.05, 3.63) is 91.0 Å². The Labute approximate surface area is 174 Å². The van der Waals surface area contributed by atoms with Gasteiger partial charge in [-0.1, -0.05) is 111 Å². The van der Waals surface area contributed by atoms with Crippen molar-refractivity contribution in [2.24, 2.45) is 0 Å². The summed E-state index contributed by atoms with van der Waals surface area (Å²) in [6.45, 7) is 12.0. The zero-order valence-corrected chi connectivity index (χ0v) is 16.6. The fourth-order valence-corrected chi connectivity index (χ4v) is 2.18. The number of hydrogen-bond donors (Lipinski definition) is 0. The van der Waals surface area contributed by atoms with Crippen LogP contribution in [0.2, 0.25) is 0 Å². The molecule has 3 aromatic rings. The van der Waals surface area contributed by atoms with E-state index in [9.17, 15) is 0 Å². The first-order chi connectivity index (χ1) is 12.4. The van der Waals surface area contributed by atoms with Crippen LogP contribution in [0.25, 0.3) is 0 Å². The minimum Gasteiger partial charge on any atom is -0.311 e. The highest BCUT2D eigenvalue weighted by atomic mass is 15.1. The molecule has 27 heavy (non-hydrogen) atoms. The first-order valence-corrected chi connectivity index (χ1v) is 9.40. The molecule has 3 aromatic carbocycles. The number of nitrogens with zero attached hydrogens (tertiary/aromatic N) is 1. The van der Waals surface area contributed by atoms with Crippen LogP contribution in [0.5, 0.6) is 0 Å². The molecule has 0 fully saturated rings. The van der Waals surface area contributed by atoms with Crippen molar-refractivity contribution >= 4 is 17.1 Å². The van der Waals surface area contributed by atoms with Crippen molar-refractivity contribution in [3.8, 4) is 0 Å². The molecule has 1 heteroatoms. The zero-order chi connectivity index (χ0) is 18.9. The van der Waals surface area contributed by atoms with E-state index in [0.29, 0.717) is 0 Å². The van der Waals surface area contributed by atoms with E-state index in [1.54, 1.807) is 0 Å². The second-order valence-corrected chi connectivity index (χ2v) is 4.34. The molecule has 0 aliphatic heterocycles. The second kappa shape index (κ2) is 19.8. The molecule has 0 aromatic heterocycles. The Bertz CT molecular complexity index is 538. The van der Waals surface area contributed by atoms with Crippen LogP contribution >= 0.6 is 0 Å². The van der Waals surface area contributed by atoms with Gasteiger partial charge in [0.05, 0.1) is 0 Å². The SMILES string of the molecule is C.C.CC.CC.CC.[3HH].[3HH].[3HH].c1ccc(N(c2ccccc2)c2ccccc2)cc1. The zero-order valence-electron chi connectivity index (χ0n) is 16.6. The average Bonchev–Trinajstić information content (AvgIpc) is 2.75. The summed E-state index contributed by atoms with van der Waals surface area (Å²) in [4.78, 5) is 2.25. The molecule has 0 bridgehead atoms. The van der Waals surface area contributed by atoms with Crippen LogP contribution in [0.15, 0.2) is 91.0 Å². The lowest BCUT2D eigenvalue weighted by molar-refractivity contribution is 1.28. The van der Waals surface area contributed by atoms with E-state index < -0.39 is 0 Å². The minimum atomic E-state index is 0. The van der Waals surface area contributed by atoms with Crippen molar-refractivity contribution < 1.29 is 4.28 Å². The highest BCUT2D eigenvalue weighted by Gasteiger charge is 2.10. The largest absolute Gasteiger partial charge is 0.311 e. The van der Waals surface area contributed by atoms with Gasteiger partial charge in [0.15, 0.2) is 0 Å². The maximum atomic E-state index is 2.25. The highest BCUT2D eigenvalue weighted by molar-refractivity contribution is 5.76. The molecular weight excluding hydrogens is 326 g/mol. The summed E-state index contributed by atoms with van der Waals surface area (Å²) in [5.41, 5.74) is 3.50. The fourth-order valence-electron chi connectivity index (χ4n) is 2.18. The quantitative estimate of drug-likeness (QED) is 0.437. The molecule has 0 N–H and O–H groups in total. The molecule has 0 atom stereocenters. The van der Waals surface area contributed by atoms with Crippen LogP contribution in [0.3, 0.4) is 0 Å². The smallest absolute Gasteiger partial charge is 0.0461 e. The van der Waals surface area contributed by atoms with Crippen LogP contribution in [0.4, 0.5) is 17.1 Å². The van der Waals surface area contributed by atoms with Gasteiger partial charge >= 0.3 is 0 Å². The van der Waals surface area contributed by atoms with Gasteiger partial charge in [0.1, 0.15) is 0 Å². The van der Waals surface area contributed by atoms with Crippen LogP contribution in [-0.2, 0) is 0 Å². The Morgan fingerprint density at radius 1 is 0.407 bits per heavy atom. The lowest BCUT2D eigenvalue weighted by Crippen LogP contribution is -2.09. The molecule has 0 unspecified atom stereocenters. The molecule has 156 valence electrons. The maximum Gasteiger partial charge on any atom is 0.0461 e. The highest BCUT2D eigenvalue weighted by Crippen LogP contribution is 2.33. The average molecular weight is 380 g/mol. The molecule has 0 aliphatic carbocycles. The Morgan fingerprint density at radius 3 is 0.778 bits per heavy atom. The van der Waals surface area contributed by atoms with Gasteiger partial charge in [0, 0.05) is 21.3 Å². The molecule has 0 radical (unpaired) electrons. The Kier molecular flexibility index (Phi) is 21.4. The van der Waals surface area contributed by atoms with Gasteiger partial charge in [0.2, 0.25) is 0 Å². The van der Waals surface area contributed by atoms with Crippen molar-refractivity contribution in [3.63, 3.8) is 0 Å². The van der Waals surface area contributed by atoms with Crippen molar-refractivity contribution in [1.29, 1.82) is 0 Å². The van der Waals surface area contributed by atoms with Crippen LogP contribution in [0, 0.1) is 0 Å². The van der Waals surface area contributed by atoms with E-state index in [1.807, 2.05) is 59.7 Å². The van der Waals surface area contributed by atoms with Gasteiger partial charge in [0.25, 0.3) is 0 Å². The van der Waals surface area contributed by atoms with E-state index in [2.05, 4.69) is 77.7 Å². The lowest BCUT2D eigenvalue weighted by Gasteiger charge is -2.25. The molecule has 3 rings (SSSR count). The Hall–Kier alpha value is -2.54. The summed E-state index contributed by atoms with van der Waals surface area (Å²) in [5.74, 6) is 0. The van der Waals surface area contributed by atoms with Gasteiger partial charge in [-0.3, -0.25) is 0 Å². The van der Waals surface area contributed by atoms with Crippen LogP contribution < -0.4 is 4.90 Å². The number of anilines is 3.